The van der Waals surface area contributed by atoms with Crippen LogP contribution in [0.1, 0.15) is 83.4 Å². The molecule has 0 amide bonds. The molecule has 0 aromatic carbocycles. The average molecular weight is 350 g/mol. The van der Waals surface area contributed by atoms with Gasteiger partial charge in [0.25, 0.3) is 0 Å². The first kappa shape index (κ1) is 19.5. The molecule has 136 valence electrons. The van der Waals surface area contributed by atoms with Crippen molar-refractivity contribution in [1.29, 1.82) is 0 Å². The second-order valence-corrected chi connectivity index (χ2v) is 8.13. The highest BCUT2D eigenvalue weighted by molar-refractivity contribution is 7.11. The minimum atomic E-state index is 0.145. The van der Waals surface area contributed by atoms with Gasteiger partial charge in [0.05, 0.1) is 16.2 Å². The summed E-state index contributed by atoms with van der Waals surface area (Å²) >= 11 is 1.82. The van der Waals surface area contributed by atoms with Crippen molar-refractivity contribution in [2.24, 2.45) is 0 Å². The molecule has 1 aromatic heterocycles. The molecule has 1 N–H and O–H groups in total. The van der Waals surface area contributed by atoms with Crippen LogP contribution in [0, 0.1) is 0 Å². The zero-order valence-electron chi connectivity index (χ0n) is 15.8. The van der Waals surface area contributed by atoms with E-state index in [0.29, 0.717) is 6.04 Å². The van der Waals surface area contributed by atoms with Crippen LogP contribution in [-0.2, 0) is 4.74 Å². The second kappa shape index (κ2) is 9.62. The number of allylic oxidation sites excluding steroid dienone is 1. The molecule has 1 aliphatic carbocycles. The molecular formula is C21H35NOS. The van der Waals surface area contributed by atoms with Crippen LogP contribution in [0.15, 0.2) is 18.0 Å². The van der Waals surface area contributed by atoms with E-state index >= 15 is 0 Å². The van der Waals surface area contributed by atoms with E-state index in [-0.39, 0.29) is 5.60 Å². The van der Waals surface area contributed by atoms with Crippen LogP contribution in [-0.4, -0.2) is 18.2 Å². The summed E-state index contributed by atoms with van der Waals surface area (Å²) in [6.45, 7) is 11.9. The lowest BCUT2D eigenvalue weighted by Crippen LogP contribution is -2.40. The Kier molecular flexibility index (Phi) is 7.83. The van der Waals surface area contributed by atoms with Crippen molar-refractivity contribution >= 4 is 22.6 Å². The molecule has 1 heterocycles. The topological polar surface area (TPSA) is 21.3 Å². The van der Waals surface area contributed by atoms with Crippen LogP contribution in [0.5, 0.6) is 0 Å². The Bertz CT molecular complexity index is 500. The van der Waals surface area contributed by atoms with E-state index in [0.717, 1.165) is 25.9 Å². The first-order chi connectivity index (χ1) is 11.6. The summed E-state index contributed by atoms with van der Waals surface area (Å²) in [7, 11) is 0. The molecule has 3 heteroatoms. The lowest BCUT2D eigenvalue weighted by atomic mass is 9.79. The van der Waals surface area contributed by atoms with Gasteiger partial charge < -0.3 is 10.1 Å². The third kappa shape index (κ3) is 5.10. The molecule has 2 nitrogen and oxygen atoms in total. The van der Waals surface area contributed by atoms with Crippen LogP contribution in [0.2, 0.25) is 0 Å². The zero-order chi connectivity index (χ0) is 17.4. The van der Waals surface area contributed by atoms with E-state index in [9.17, 15) is 0 Å². The van der Waals surface area contributed by atoms with Gasteiger partial charge in [0.2, 0.25) is 0 Å². The van der Waals surface area contributed by atoms with Crippen LogP contribution in [0.4, 0.5) is 5.69 Å². The minimum Gasteiger partial charge on any atom is -0.381 e. The lowest BCUT2D eigenvalue weighted by Gasteiger charge is -2.40. The van der Waals surface area contributed by atoms with E-state index in [2.05, 4.69) is 44.1 Å². The van der Waals surface area contributed by atoms with Gasteiger partial charge in [-0.15, -0.1) is 11.3 Å². The van der Waals surface area contributed by atoms with E-state index < -0.39 is 0 Å². The molecule has 0 radical (unpaired) electrons. The smallest absolute Gasteiger partial charge is 0.0684 e. The zero-order valence-corrected chi connectivity index (χ0v) is 16.6. The molecule has 0 unspecified atom stereocenters. The number of hydrogen-bond acceptors (Lipinski definition) is 3. The van der Waals surface area contributed by atoms with Gasteiger partial charge in [0, 0.05) is 12.6 Å². The van der Waals surface area contributed by atoms with Crippen molar-refractivity contribution in [2.45, 2.75) is 90.2 Å². The van der Waals surface area contributed by atoms with Crippen molar-refractivity contribution in [2.75, 3.05) is 11.9 Å². The van der Waals surface area contributed by atoms with Gasteiger partial charge >= 0.3 is 0 Å². The van der Waals surface area contributed by atoms with Crippen molar-refractivity contribution < 1.29 is 4.74 Å². The maximum Gasteiger partial charge on any atom is 0.0684 e. The molecule has 0 spiro atoms. The number of rotatable bonds is 10. The highest BCUT2D eigenvalue weighted by Gasteiger charge is 2.35. The predicted molar refractivity (Wildman–Crippen MR) is 108 cm³/mol. The Morgan fingerprint density at radius 3 is 2.62 bits per heavy atom. The van der Waals surface area contributed by atoms with Crippen LogP contribution < -0.4 is 5.32 Å². The quantitative estimate of drug-likeness (QED) is 0.497. The molecule has 1 aromatic rings. The van der Waals surface area contributed by atoms with E-state index in [1.165, 1.54) is 54.7 Å². The Balaban J connectivity index is 1.93. The van der Waals surface area contributed by atoms with Gasteiger partial charge in [-0.1, -0.05) is 40.2 Å². The maximum absolute atomic E-state index is 6.30. The number of ether oxygens (including phenoxy) is 1. The van der Waals surface area contributed by atoms with Gasteiger partial charge in [-0.05, 0) is 62.0 Å². The molecule has 1 saturated carbocycles. The molecule has 1 fully saturated rings. The van der Waals surface area contributed by atoms with Crippen molar-refractivity contribution in [1.82, 2.24) is 0 Å². The van der Waals surface area contributed by atoms with Crippen LogP contribution in [0.25, 0.3) is 5.57 Å². The Labute approximate surface area is 152 Å². The van der Waals surface area contributed by atoms with Crippen molar-refractivity contribution in [3.05, 3.63) is 22.9 Å². The third-order valence-electron chi connectivity index (χ3n) is 5.11. The van der Waals surface area contributed by atoms with Crippen molar-refractivity contribution in [3.8, 4) is 0 Å². The summed E-state index contributed by atoms with van der Waals surface area (Å²) in [5, 5.41) is 5.99. The summed E-state index contributed by atoms with van der Waals surface area (Å²) in [5.74, 6) is 0. The molecule has 0 aliphatic heterocycles. The fourth-order valence-corrected chi connectivity index (χ4v) is 4.72. The van der Waals surface area contributed by atoms with Crippen LogP contribution in [0.3, 0.4) is 0 Å². The number of thiophene rings is 1. The summed E-state index contributed by atoms with van der Waals surface area (Å²) in [6.07, 6.45) is 10.6. The second-order valence-electron chi connectivity index (χ2n) is 7.22. The Morgan fingerprint density at radius 1 is 1.25 bits per heavy atom. The predicted octanol–water partition coefficient (Wildman–Crippen LogP) is 6.88. The van der Waals surface area contributed by atoms with Crippen LogP contribution >= 0.6 is 11.3 Å². The number of nitrogens with one attached hydrogen (secondary N) is 1. The fraction of sp³-hybridized carbons (Fsp3) is 0.714. The highest BCUT2D eigenvalue weighted by Crippen LogP contribution is 2.38. The standard InChI is InChI=1S/C21H35NOS/c1-5-8-17(4)20-19(11-16-24-20)22-18-9-13-21(12-6-2,14-10-18)23-15-7-3/h11,16,18,22H,4-10,12-15H2,1-3H3. The van der Waals surface area contributed by atoms with Gasteiger partial charge in [0.15, 0.2) is 0 Å². The third-order valence-corrected chi connectivity index (χ3v) is 6.13. The van der Waals surface area contributed by atoms with Gasteiger partial charge in [-0.3, -0.25) is 0 Å². The van der Waals surface area contributed by atoms with Gasteiger partial charge in [0.1, 0.15) is 0 Å². The molecule has 0 atom stereocenters. The van der Waals surface area contributed by atoms with E-state index in [4.69, 9.17) is 4.74 Å². The fourth-order valence-electron chi connectivity index (χ4n) is 3.86. The Morgan fingerprint density at radius 2 is 2.00 bits per heavy atom. The molecule has 24 heavy (non-hydrogen) atoms. The van der Waals surface area contributed by atoms with E-state index in [1.54, 1.807) is 0 Å². The first-order valence-corrected chi connectivity index (χ1v) is 10.7. The number of hydrogen-bond donors (Lipinski definition) is 1. The summed E-state index contributed by atoms with van der Waals surface area (Å²) in [5.41, 5.74) is 2.71. The van der Waals surface area contributed by atoms with Gasteiger partial charge in [-0.2, -0.15) is 0 Å². The average Bonchev–Trinajstić information content (AvgIpc) is 3.04. The maximum atomic E-state index is 6.30. The number of anilines is 1. The van der Waals surface area contributed by atoms with E-state index in [1.807, 2.05) is 11.3 Å². The lowest BCUT2D eigenvalue weighted by molar-refractivity contribution is -0.0773. The molecule has 0 bridgehead atoms. The minimum absolute atomic E-state index is 0.145. The summed E-state index contributed by atoms with van der Waals surface area (Å²) < 4.78 is 6.30. The molecule has 0 saturated heterocycles. The van der Waals surface area contributed by atoms with Crippen molar-refractivity contribution in [3.63, 3.8) is 0 Å². The SMILES string of the molecule is C=C(CCC)c1sccc1NC1CCC(CCC)(OCCC)CC1. The molecular weight excluding hydrogens is 314 g/mol. The first-order valence-electron chi connectivity index (χ1n) is 9.80. The normalized spacial score (nSPS) is 24.0. The summed E-state index contributed by atoms with van der Waals surface area (Å²) in [4.78, 5) is 1.35. The largest absolute Gasteiger partial charge is 0.381 e. The Hall–Kier alpha value is -0.800. The summed E-state index contributed by atoms with van der Waals surface area (Å²) in [6, 6.07) is 2.80. The highest BCUT2D eigenvalue weighted by atomic mass is 32.1. The molecule has 2 rings (SSSR count). The molecule has 1 aliphatic rings. The monoisotopic (exact) mass is 349 g/mol. The van der Waals surface area contributed by atoms with Gasteiger partial charge in [-0.25, -0.2) is 0 Å².